The van der Waals surface area contributed by atoms with Crippen molar-refractivity contribution in [1.29, 1.82) is 0 Å². The van der Waals surface area contributed by atoms with Gasteiger partial charge in [0.15, 0.2) is 0 Å². The summed E-state index contributed by atoms with van der Waals surface area (Å²) in [6.45, 7) is 9.63. The van der Waals surface area contributed by atoms with Crippen molar-refractivity contribution in [2.24, 2.45) is 0 Å². The van der Waals surface area contributed by atoms with Crippen LogP contribution in [0.15, 0.2) is 0 Å². The zero-order valence-corrected chi connectivity index (χ0v) is 11.8. The standard InChI is InChI=1S/C14H29N3/c1-4-16(5-2)14-8-9-17(11-14)13-7-6-12(10-13)15-3/h12-15H,4-11H2,1-3H3. The second kappa shape index (κ2) is 6.17. The molecule has 3 atom stereocenters. The minimum atomic E-state index is 0.771. The molecule has 17 heavy (non-hydrogen) atoms. The Morgan fingerprint density at radius 1 is 1.18 bits per heavy atom. The van der Waals surface area contributed by atoms with Gasteiger partial charge in [-0.05, 0) is 45.8 Å². The van der Waals surface area contributed by atoms with Crippen LogP contribution in [0.25, 0.3) is 0 Å². The van der Waals surface area contributed by atoms with Crippen LogP contribution >= 0.6 is 0 Å². The molecule has 1 saturated heterocycles. The monoisotopic (exact) mass is 239 g/mol. The highest BCUT2D eigenvalue weighted by atomic mass is 15.3. The van der Waals surface area contributed by atoms with E-state index in [9.17, 15) is 0 Å². The Labute approximate surface area is 107 Å². The highest BCUT2D eigenvalue weighted by molar-refractivity contribution is 4.92. The molecule has 0 radical (unpaired) electrons. The Bertz CT molecular complexity index is 228. The van der Waals surface area contributed by atoms with Crippen molar-refractivity contribution < 1.29 is 0 Å². The van der Waals surface area contributed by atoms with Crippen molar-refractivity contribution in [2.45, 2.75) is 57.7 Å². The van der Waals surface area contributed by atoms with Crippen LogP contribution in [0.4, 0.5) is 0 Å². The molecular formula is C14H29N3. The van der Waals surface area contributed by atoms with Crippen LogP contribution < -0.4 is 5.32 Å². The molecule has 0 aromatic heterocycles. The topological polar surface area (TPSA) is 18.5 Å². The fraction of sp³-hybridized carbons (Fsp3) is 1.00. The fourth-order valence-electron chi connectivity index (χ4n) is 3.69. The first-order valence-electron chi connectivity index (χ1n) is 7.43. The third kappa shape index (κ3) is 3.01. The molecule has 3 unspecified atom stereocenters. The lowest BCUT2D eigenvalue weighted by Gasteiger charge is -2.28. The molecule has 0 amide bonds. The van der Waals surface area contributed by atoms with Gasteiger partial charge in [-0.15, -0.1) is 0 Å². The maximum atomic E-state index is 3.44. The number of likely N-dealkylation sites (tertiary alicyclic amines) is 1. The molecule has 0 aromatic carbocycles. The van der Waals surface area contributed by atoms with Gasteiger partial charge in [0.05, 0.1) is 0 Å². The second-order valence-corrected chi connectivity index (χ2v) is 5.61. The number of nitrogens with zero attached hydrogens (tertiary/aromatic N) is 2. The van der Waals surface area contributed by atoms with Crippen molar-refractivity contribution in [3.8, 4) is 0 Å². The molecule has 1 N–H and O–H groups in total. The van der Waals surface area contributed by atoms with E-state index in [0.29, 0.717) is 0 Å². The molecule has 100 valence electrons. The summed E-state index contributed by atoms with van der Waals surface area (Å²) in [5, 5.41) is 3.44. The number of nitrogens with one attached hydrogen (secondary N) is 1. The Hall–Kier alpha value is -0.120. The largest absolute Gasteiger partial charge is 0.317 e. The predicted octanol–water partition coefficient (Wildman–Crippen LogP) is 1.54. The highest BCUT2D eigenvalue weighted by Crippen LogP contribution is 2.28. The quantitative estimate of drug-likeness (QED) is 0.785. The van der Waals surface area contributed by atoms with Gasteiger partial charge < -0.3 is 5.32 Å². The van der Waals surface area contributed by atoms with Gasteiger partial charge in [-0.3, -0.25) is 9.80 Å². The lowest BCUT2D eigenvalue weighted by atomic mass is 10.2. The molecule has 3 heteroatoms. The van der Waals surface area contributed by atoms with E-state index in [1.54, 1.807) is 0 Å². The van der Waals surface area contributed by atoms with Gasteiger partial charge in [-0.1, -0.05) is 13.8 Å². The number of hydrogen-bond donors (Lipinski definition) is 1. The van der Waals surface area contributed by atoms with Crippen LogP contribution in [0, 0.1) is 0 Å². The first kappa shape index (κ1) is 13.3. The molecule has 2 fully saturated rings. The van der Waals surface area contributed by atoms with Crippen LogP contribution in [-0.4, -0.2) is 61.2 Å². The molecule has 1 heterocycles. The summed E-state index contributed by atoms with van der Waals surface area (Å²) >= 11 is 0. The molecular weight excluding hydrogens is 210 g/mol. The van der Waals surface area contributed by atoms with Gasteiger partial charge in [-0.25, -0.2) is 0 Å². The van der Waals surface area contributed by atoms with E-state index in [4.69, 9.17) is 0 Å². The molecule has 2 aliphatic rings. The van der Waals surface area contributed by atoms with Crippen molar-refractivity contribution in [3.63, 3.8) is 0 Å². The Morgan fingerprint density at radius 3 is 2.53 bits per heavy atom. The average molecular weight is 239 g/mol. The molecule has 3 nitrogen and oxygen atoms in total. The number of rotatable bonds is 5. The molecule has 0 aromatic rings. The van der Waals surface area contributed by atoms with Gasteiger partial charge in [0.1, 0.15) is 0 Å². The summed E-state index contributed by atoms with van der Waals surface area (Å²) in [6, 6.07) is 2.44. The van der Waals surface area contributed by atoms with Gasteiger partial charge >= 0.3 is 0 Å². The minimum Gasteiger partial charge on any atom is -0.317 e. The average Bonchev–Trinajstić information content (AvgIpc) is 2.98. The maximum absolute atomic E-state index is 3.44. The van der Waals surface area contributed by atoms with E-state index in [1.807, 2.05) is 0 Å². The van der Waals surface area contributed by atoms with Gasteiger partial charge in [0.2, 0.25) is 0 Å². The zero-order valence-electron chi connectivity index (χ0n) is 11.8. The van der Waals surface area contributed by atoms with Gasteiger partial charge in [0, 0.05) is 31.2 Å². The van der Waals surface area contributed by atoms with Crippen LogP contribution in [0.1, 0.15) is 39.5 Å². The van der Waals surface area contributed by atoms with Crippen molar-refractivity contribution in [3.05, 3.63) is 0 Å². The Kier molecular flexibility index (Phi) is 4.83. The van der Waals surface area contributed by atoms with E-state index in [-0.39, 0.29) is 0 Å². The van der Waals surface area contributed by atoms with Gasteiger partial charge in [-0.2, -0.15) is 0 Å². The predicted molar refractivity (Wildman–Crippen MR) is 73.4 cm³/mol. The Balaban J connectivity index is 1.81. The van der Waals surface area contributed by atoms with E-state index in [1.165, 1.54) is 51.9 Å². The summed E-state index contributed by atoms with van der Waals surface area (Å²) in [5.41, 5.74) is 0. The third-order valence-corrected chi connectivity index (χ3v) is 4.85. The Morgan fingerprint density at radius 2 is 1.94 bits per heavy atom. The lowest BCUT2D eigenvalue weighted by Crippen LogP contribution is -2.39. The third-order valence-electron chi connectivity index (χ3n) is 4.85. The van der Waals surface area contributed by atoms with Crippen LogP contribution in [0.3, 0.4) is 0 Å². The van der Waals surface area contributed by atoms with Crippen LogP contribution in [0.5, 0.6) is 0 Å². The first-order chi connectivity index (χ1) is 8.28. The second-order valence-electron chi connectivity index (χ2n) is 5.61. The molecule has 1 saturated carbocycles. The SMILES string of the molecule is CCN(CC)C1CCN(C2CCC(NC)C2)C1. The normalized spacial score (nSPS) is 34.9. The minimum absolute atomic E-state index is 0.771. The van der Waals surface area contributed by atoms with Crippen molar-refractivity contribution in [1.82, 2.24) is 15.1 Å². The van der Waals surface area contributed by atoms with Crippen LogP contribution in [0.2, 0.25) is 0 Å². The van der Waals surface area contributed by atoms with E-state index in [2.05, 4.69) is 36.0 Å². The molecule has 1 aliphatic heterocycles. The van der Waals surface area contributed by atoms with Crippen molar-refractivity contribution in [2.75, 3.05) is 33.2 Å². The van der Waals surface area contributed by atoms with Crippen LogP contribution in [-0.2, 0) is 0 Å². The zero-order chi connectivity index (χ0) is 12.3. The molecule has 0 bridgehead atoms. The van der Waals surface area contributed by atoms with Crippen molar-refractivity contribution >= 4 is 0 Å². The highest BCUT2D eigenvalue weighted by Gasteiger charge is 2.34. The smallest absolute Gasteiger partial charge is 0.0235 e. The molecule has 2 rings (SSSR count). The summed E-state index contributed by atoms with van der Waals surface area (Å²) < 4.78 is 0. The van der Waals surface area contributed by atoms with E-state index < -0.39 is 0 Å². The molecule has 0 spiro atoms. The van der Waals surface area contributed by atoms with Gasteiger partial charge in [0.25, 0.3) is 0 Å². The summed E-state index contributed by atoms with van der Waals surface area (Å²) in [6.07, 6.45) is 5.51. The number of likely N-dealkylation sites (N-methyl/N-ethyl adjacent to an activating group) is 1. The maximum Gasteiger partial charge on any atom is 0.0235 e. The fourth-order valence-corrected chi connectivity index (χ4v) is 3.69. The van der Waals surface area contributed by atoms with E-state index in [0.717, 1.165) is 18.1 Å². The summed E-state index contributed by atoms with van der Waals surface area (Å²) in [5.74, 6) is 0. The summed E-state index contributed by atoms with van der Waals surface area (Å²) in [4.78, 5) is 5.38. The summed E-state index contributed by atoms with van der Waals surface area (Å²) in [7, 11) is 2.11. The lowest BCUT2D eigenvalue weighted by molar-refractivity contribution is 0.187. The number of hydrogen-bond acceptors (Lipinski definition) is 3. The van der Waals surface area contributed by atoms with E-state index >= 15 is 0 Å². The molecule has 1 aliphatic carbocycles. The first-order valence-corrected chi connectivity index (χ1v) is 7.43.